The maximum Gasteiger partial charge on any atom is 0.405 e. The molecular formula is C20H28F3N3O2. The molecular weight excluding hydrogens is 371 g/mol. The summed E-state index contributed by atoms with van der Waals surface area (Å²) < 4.78 is 46.0. The van der Waals surface area contributed by atoms with Gasteiger partial charge in [-0.15, -0.1) is 0 Å². The Bertz CT molecular complexity index is 652. The van der Waals surface area contributed by atoms with E-state index in [0.29, 0.717) is 44.8 Å². The lowest BCUT2D eigenvalue weighted by Crippen LogP contribution is -2.58. The average Bonchev–Trinajstić information content (AvgIpc) is 3.19. The largest absolute Gasteiger partial charge is 0.497 e. The average molecular weight is 399 g/mol. The lowest BCUT2D eigenvalue weighted by Gasteiger charge is -2.37. The van der Waals surface area contributed by atoms with E-state index in [4.69, 9.17) is 4.74 Å². The van der Waals surface area contributed by atoms with Crippen LogP contribution in [0.4, 0.5) is 13.2 Å². The molecule has 2 fully saturated rings. The van der Waals surface area contributed by atoms with Crippen LogP contribution in [0.5, 0.6) is 5.75 Å². The Morgan fingerprint density at radius 1 is 1.21 bits per heavy atom. The molecule has 0 bridgehead atoms. The number of nitrogens with zero attached hydrogens (tertiary/aromatic N) is 1. The predicted octanol–water partition coefficient (Wildman–Crippen LogP) is 2.46. The Labute approximate surface area is 163 Å². The number of carbonyl (C=O) groups excluding carboxylic acids is 1. The fraction of sp³-hybridized carbons (Fsp3) is 0.650. The highest BCUT2D eigenvalue weighted by molar-refractivity contribution is 5.88. The Morgan fingerprint density at radius 3 is 2.36 bits per heavy atom. The summed E-state index contributed by atoms with van der Waals surface area (Å²) in [5.41, 5.74) is 0.0836. The molecule has 0 radical (unpaired) electrons. The molecule has 1 saturated carbocycles. The van der Waals surface area contributed by atoms with E-state index in [9.17, 15) is 18.0 Å². The minimum atomic E-state index is -4.38. The lowest BCUT2D eigenvalue weighted by atomic mass is 9.78. The third-order valence-electron chi connectivity index (χ3n) is 5.96. The predicted molar refractivity (Wildman–Crippen MR) is 100 cm³/mol. The fourth-order valence-electron chi connectivity index (χ4n) is 4.34. The quantitative estimate of drug-likeness (QED) is 0.772. The van der Waals surface area contributed by atoms with Crippen LogP contribution in [0.2, 0.25) is 0 Å². The van der Waals surface area contributed by atoms with Crippen molar-refractivity contribution in [2.45, 2.75) is 43.3 Å². The van der Waals surface area contributed by atoms with E-state index in [2.05, 4.69) is 10.6 Å². The van der Waals surface area contributed by atoms with Gasteiger partial charge >= 0.3 is 6.18 Å². The van der Waals surface area contributed by atoms with Crippen molar-refractivity contribution < 1.29 is 22.7 Å². The lowest BCUT2D eigenvalue weighted by molar-refractivity contribution is -0.184. The van der Waals surface area contributed by atoms with E-state index in [1.165, 1.54) is 4.90 Å². The summed E-state index contributed by atoms with van der Waals surface area (Å²) in [4.78, 5) is 14.5. The zero-order valence-electron chi connectivity index (χ0n) is 16.1. The highest BCUT2D eigenvalue weighted by atomic mass is 19.4. The monoisotopic (exact) mass is 399 g/mol. The van der Waals surface area contributed by atoms with Gasteiger partial charge in [0.2, 0.25) is 5.91 Å². The molecule has 1 aromatic rings. The molecule has 1 amide bonds. The van der Waals surface area contributed by atoms with Gasteiger partial charge in [0.05, 0.1) is 12.5 Å². The summed E-state index contributed by atoms with van der Waals surface area (Å²) in [6.45, 7) is 1.28. The van der Waals surface area contributed by atoms with Gasteiger partial charge in [0.1, 0.15) is 11.8 Å². The summed E-state index contributed by atoms with van der Waals surface area (Å²) >= 11 is 0. The highest BCUT2D eigenvalue weighted by Crippen LogP contribution is 2.42. The van der Waals surface area contributed by atoms with Gasteiger partial charge in [-0.1, -0.05) is 25.0 Å². The number of rotatable bonds is 6. The number of carbonyl (C=O) groups is 1. The number of nitrogens with one attached hydrogen (secondary N) is 2. The first-order valence-corrected chi connectivity index (χ1v) is 9.81. The molecule has 1 heterocycles. The van der Waals surface area contributed by atoms with Gasteiger partial charge in [-0.3, -0.25) is 9.69 Å². The minimum absolute atomic E-state index is 0.306. The van der Waals surface area contributed by atoms with E-state index >= 15 is 0 Å². The van der Waals surface area contributed by atoms with Crippen molar-refractivity contribution >= 4 is 5.91 Å². The van der Waals surface area contributed by atoms with Gasteiger partial charge in [0, 0.05) is 32.7 Å². The number of alkyl halides is 3. The number of ether oxygens (including phenoxy) is 1. The van der Waals surface area contributed by atoms with Crippen molar-refractivity contribution in [2.24, 2.45) is 0 Å². The zero-order chi connectivity index (χ0) is 20.2. The summed E-state index contributed by atoms with van der Waals surface area (Å²) in [6, 6.07) is 5.62. The van der Waals surface area contributed by atoms with Crippen LogP contribution in [0, 0.1) is 0 Å². The molecule has 3 rings (SSSR count). The van der Waals surface area contributed by atoms with Crippen molar-refractivity contribution in [1.29, 1.82) is 0 Å². The van der Waals surface area contributed by atoms with Gasteiger partial charge in [-0.25, -0.2) is 0 Å². The van der Waals surface area contributed by atoms with Gasteiger partial charge in [0.15, 0.2) is 0 Å². The summed E-state index contributed by atoms with van der Waals surface area (Å²) in [7, 11) is 1.57. The molecule has 2 aliphatic rings. The van der Waals surface area contributed by atoms with Crippen LogP contribution in [-0.4, -0.2) is 62.9 Å². The number of benzene rings is 1. The number of amides is 1. The van der Waals surface area contributed by atoms with Gasteiger partial charge in [-0.2, -0.15) is 13.2 Å². The molecule has 0 aromatic heterocycles. The van der Waals surface area contributed by atoms with Crippen LogP contribution in [0.25, 0.3) is 0 Å². The second-order valence-electron chi connectivity index (χ2n) is 7.57. The van der Waals surface area contributed by atoms with Crippen LogP contribution in [0.3, 0.4) is 0 Å². The molecule has 156 valence electrons. The molecule has 28 heavy (non-hydrogen) atoms. The van der Waals surface area contributed by atoms with E-state index in [1.54, 1.807) is 19.2 Å². The summed E-state index contributed by atoms with van der Waals surface area (Å²) in [5, 5.41) is 5.71. The third kappa shape index (κ3) is 4.43. The fourth-order valence-corrected chi connectivity index (χ4v) is 4.34. The van der Waals surface area contributed by atoms with Gasteiger partial charge in [-0.05, 0) is 30.5 Å². The van der Waals surface area contributed by atoms with Crippen molar-refractivity contribution in [3.8, 4) is 5.75 Å². The van der Waals surface area contributed by atoms with Crippen LogP contribution in [-0.2, 0) is 10.2 Å². The Balaban J connectivity index is 1.74. The molecule has 0 spiro atoms. The van der Waals surface area contributed by atoms with E-state index in [1.807, 2.05) is 12.1 Å². The second-order valence-corrected chi connectivity index (χ2v) is 7.57. The maximum atomic E-state index is 13.6. The summed E-state index contributed by atoms with van der Waals surface area (Å²) in [6.07, 6.45) is -1.31. The molecule has 1 unspecified atom stereocenters. The SMILES string of the molecule is COc1ccc(C2(C(=O)NCC(N3CCNCC3)C(F)(F)F)CCCC2)cc1. The van der Waals surface area contributed by atoms with Crippen molar-refractivity contribution in [2.75, 3.05) is 39.8 Å². The van der Waals surface area contributed by atoms with Crippen molar-refractivity contribution in [3.63, 3.8) is 0 Å². The molecule has 8 heteroatoms. The van der Waals surface area contributed by atoms with Crippen LogP contribution >= 0.6 is 0 Å². The van der Waals surface area contributed by atoms with Crippen molar-refractivity contribution in [3.05, 3.63) is 29.8 Å². The van der Waals surface area contributed by atoms with Crippen LogP contribution in [0.1, 0.15) is 31.2 Å². The third-order valence-corrected chi connectivity index (χ3v) is 5.96. The molecule has 2 N–H and O–H groups in total. The normalized spacial score (nSPS) is 21.3. The first-order chi connectivity index (χ1) is 13.4. The molecule has 5 nitrogen and oxygen atoms in total. The highest BCUT2D eigenvalue weighted by Gasteiger charge is 2.46. The van der Waals surface area contributed by atoms with Crippen LogP contribution < -0.4 is 15.4 Å². The molecule has 1 atom stereocenters. The topological polar surface area (TPSA) is 53.6 Å². The number of halogens is 3. The first-order valence-electron chi connectivity index (χ1n) is 9.81. The number of methoxy groups -OCH3 is 1. The van der Waals surface area contributed by atoms with Gasteiger partial charge in [0.25, 0.3) is 0 Å². The maximum absolute atomic E-state index is 13.6. The van der Waals surface area contributed by atoms with Crippen molar-refractivity contribution in [1.82, 2.24) is 15.5 Å². The summed E-state index contributed by atoms with van der Waals surface area (Å²) in [5.74, 6) is 0.382. The Kier molecular flexibility index (Phi) is 6.50. The molecule has 1 saturated heterocycles. The first kappa shape index (κ1) is 20.9. The second kappa shape index (κ2) is 8.69. The number of hydrogen-bond acceptors (Lipinski definition) is 4. The Hall–Kier alpha value is -1.80. The van der Waals surface area contributed by atoms with Gasteiger partial charge < -0.3 is 15.4 Å². The Morgan fingerprint density at radius 2 is 1.82 bits per heavy atom. The molecule has 1 aromatic carbocycles. The van der Waals surface area contributed by atoms with E-state index in [-0.39, 0.29) is 5.91 Å². The van der Waals surface area contributed by atoms with E-state index < -0.39 is 24.2 Å². The standard InChI is InChI=1S/C20H28F3N3O2/c1-28-16-6-4-15(5-7-16)19(8-2-3-9-19)18(27)25-14-17(20(21,22)23)26-12-10-24-11-13-26/h4-7,17,24H,2-3,8-14H2,1H3,(H,25,27). The molecule has 1 aliphatic carbocycles. The zero-order valence-corrected chi connectivity index (χ0v) is 16.1. The number of hydrogen-bond donors (Lipinski definition) is 2. The smallest absolute Gasteiger partial charge is 0.405 e. The minimum Gasteiger partial charge on any atom is -0.497 e. The molecule has 1 aliphatic heterocycles. The van der Waals surface area contributed by atoms with Crippen LogP contribution in [0.15, 0.2) is 24.3 Å². The van der Waals surface area contributed by atoms with E-state index in [0.717, 1.165) is 18.4 Å². The number of piperazine rings is 1.